The van der Waals surface area contributed by atoms with E-state index in [-0.39, 0.29) is 5.91 Å². The van der Waals surface area contributed by atoms with Gasteiger partial charge in [0, 0.05) is 54.5 Å². The number of fused-ring (bicyclic) bond motifs is 1. The number of nitrogens with zero attached hydrogens (tertiary/aromatic N) is 6. The van der Waals surface area contributed by atoms with Gasteiger partial charge in [-0.2, -0.15) is 5.10 Å². The molecule has 7 heteroatoms. The van der Waals surface area contributed by atoms with Gasteiger partial charge in [-0.15, -0.1) is 0 Å². The Kier molecular flexibility index (Phi) is 6.42. The Morgan fingerprint density at radius 3 is 2.39 bits per heavy atom. The lowest BCUT2D eigenvalue weighted by Crippen LogP contribution is -2.38. The highest BCUT2D eigenvalue weighted by Gasteiger charge is 2.30. The number of aryl methyl sites for hydroxylation is 3. The molecule has 0 saturated carbocycles. The van der Waals surface area contributed by atoms with Crippen molar-refractivity contribution in [2.45, 2.75) is 85.7 Å². The molecule has 1 amide bonds. The molecule has 0 radical (unpaired) electrons. The number of hydrogen-bond donors (Lipinski definition) is 0. The highest BCUT2D eigenvalue weighted by Crippen LogP contribution is 2.33. The molecule has 168 valence electrons. The standard InChI is InChI=1S/C24H36N6O/c1-6-12-29-22(31)9-8-20-16(3)25-23(26-24(20)29)19-10-13-28(14-11-19)15-21-17(4)27-30(7-2)18(21)5/h19H,6-15H2,1-5H3. The van der Waals surface area contributed by atoms with Crippen molar-refractivity contribution in [2.75, 3.05) is 24.5 Å². The van der Waals surface area contributed by atoms with Crippen molar-refractivity contribution in [1.82, 2.24) is 24.6 Å². The third-order valence-electron chi connectivity index (χ3n) is 6.97. The van der Waals surface area contributed by atoms with E-state index in [1.54, 1.807) is 0 Å². The summed E-state index contributed by atoms with van der Waals surface area (Å²) in [6, 6.07) is 0. The first-order chi connectivity index (χ1) is 14.9. The van der Waals surface area contributed by atoms with Gasteiger partial charge in [-0.05, 0) is 66.5 Å². The van der Waals surface area contributed by atoms with E-state index in [1.807, 2.05) is 4.90 Å². The summed E-state index contributed by atoms with van der Waals surface area (Å²) in [5.74, 6) is 2.37. The van der Waals surface area contributed by atoms with Gasteiger partial charge in [-0.3, -0.25) is 19.3 Å². The second kappa shape index (κ2) is 9.07. The van der Waals surface area contributed by atoms with Crippen molar-refractivity contribution in [3.8, 4) is 0 Å². The molecule has 1 saturated heterocycles. The van der Waals surface area contributed by atoms with Gasteiger partial charge in [0.15, 0.2) is 0 Å². The van der Waals surface area contributed by atoms with Crippen molar-refractivity contribution >= 4 is 11.7 Å². The molecule has 7 nitrogen and oxygen atoms in total. The predicted molar refractivity (Wildman–Crippen MR) is 122 cm³/mol. The normalized spacial score (nSPS) is 18.0. The van der Waals surface area contributed by atoms with Crippen molar-refractivity contribution in [3.63, 3.8) is 0 Å². The van der Waals surface area contributed by atoms with Crippen LogP contribution in [0.4, 0.5) is 5.82 Å². The van der Waals surface area contributed by atoms with Gasteiger partial charge >= 0.3 is 0 Å². The van der Waals surface area contributed by atoms with Crippen LogP contribution in [0.15, 0.2) is 0 Å². The van der Waals surface area contributed by atoms with Crippen molar-refractivity contribution in [1.29, 1.82) is 0 Å². The van der Waals surface area contributed by atoms with Gasteiger partial charge in [-0.1, -0.05) is 6.92 Å². The van der Waals surface area contributed by atoms with E-state index < -0.39 is 0 Å². The van der Waals surface area contributed by atoms with Gasteiger partial charge < -0.3 is 0 Å². The molecular formula is C24H36N6O. The molecule has 0 N–H and O–H groups in total. The van der Waals surface area contributed by atoms with E-state index >= 15 is 0 Å². The van der Waals surface area contributed by atoms with Crippen LogP contribution in [0.3, 0.4) is 0 Å². The third kappa shape index (κ3) is 4.25. The van der Waals surface area contributed by atoms with Crippen molar-refractivity contribution in [3.05, 3.63) is 34.0 Å². The fraction of sp³-hybridized carbons (Fsp3) is 0.667. The second-order valence-electron chi connectivity index (χ2n) is 9.03. The Bertz CT molecular complexity index is 957. The number of amides is 1. The molecule has 2 aromatic heterocycles. The lowest BCUT2D eigenvalue weighted by atomic mass is 9.94. The quantitative estimate of drug-likeness (QED) is 0.708. The first-order valence-electron chi connectivity index (χ1n) is 11.9. The summed E-state index contributed by atoms with van der Waals surface area (Å²) in [7, 11) is 0. The zero-order valence-electron chi connectivity index (χ0n) is 19.7. The van der Waals surface area contributed by atoms with E-state index in [0.717, 1.165) is 87.0 Å². The molecule has 31 heavy (non-hydrogen) atoms. The van der Waals surface area contributed by atoms with E-state index in [9.17, 15) is 4.79 Å². The van der Waals surface area contributed by atoms with Crippen LogP contribution in [-0.4, -0.2) is 50.2 Å². The van der Waals surface area contributed by atoms with Crippen molar-refractivity contribution in [2.24, 2.45) is 0 Å². The molecule has 4 heterocycles. The van der Waals surface area contributed by atoms with Crippen LogP contribution < -0.4 is 4.90 Å². The number of likely N-dealkylation sites (tertiary alicyclic amines) is 1. The number of aromatic nitrogens is 4. The fourth-order valence-electron chi connectivity index (χ4n) is 5.08. The van der Waals surface area contributed by atoms with Crippen LogP contribution >= 0.6 is 0 Å². The average molecular weight is 425 g/mol. The lowest BCUT2D eigenvalue weighted by Gasteiger charge is -2.33. The number of hydrogen-bond acceptors (Lipinski definition) is 5. The summed E-state index contributed by atoms with van der Waals surface area (Å²) in [5.41, 5.74) is 6.02. The highest BCUT2D eigenvalue weighted by molar-refractivity contribution is 5.95. The summed E-state index contributed by atoms with van der Waals surface area (Å²) in [6.07, 6.45) is 4.39. The van der Waals surface area contributed by atoms with Crippen LogP contribution in [0.5, 0.6) is 0 Å². The van der Waals surface area contributed by atoms with Crippen LogP contribution in [-0.2, 0) is 24.3 Å². The SMILES string of the molecule is CCCN1C(=O)CCc2c(C)nc(C3CCN(Cc4c(C)nn(CC)c4C)CC3)nc21. The van der Waals surface area contributed by atoms with Gasteiger partial charge in [0.05, 0.1) is 5.69 Å². The number of carbonyl (C=O) groups excluding carboxylic acids is 1. The molecule has 0 aliphatic carbocycles. The van der Waals surface area contributed by atoms with Gasteiger partial charge in [0.25, 0.3) is 0 Å². The first kappa shape index (κ1) is 21.9. The summed E-state index contributed by atoms with van der Waals surface area (Å²) in [6.45, 7) is 15.3. The maximum atomic E-state index is 12.5. The second-order valence-corrected chi connectivity index (χ2v) is 9.03. The molecule has 2 aliphatic heterocycles. The highest BCUT2D eigenvalue weighted by atomic mass is 16.2. The first-order valence-corrected chi connectivity index (χ1v) is 11.9. The fourth-order valence-corrected chi connectivity index (χ4v) is 5.08. The van der Waals surface area contributed by atoms with Crippen molar-refractivity contribution < 1.29 is 4.79 Å². The number of anilines is 1. The molecule has 4 rings (SSSR count). The van der Waals surface area contributed by atoms with Gasteiger partial charge in [0.2, 0.25) is 5.91 Å². The minimum atomic E-state index is 0.201. The van der Waals surface area contributed by atoms with E-state index in [1.165, 1.54) is 11.3 Å². The lowest BCUT2D eigenvalue weighted by molar-refractivity contribution is -0.119. The minimum Gasteiger partial charge on any atom is -0.299 e. The van der Waals surface area contributed by atoms with E-state index in [0.29, 0.717) is 12.3 Å². The maximum absolute atomic E-state index is 12.5. The van der Waals surface area contributed by atoms with Crippen LogP contribution in [0, 0.1) is 20.8 Å². The average Bonchev–Trinajstić information content (AvgIpc) is 3.03. The Morgan fingerprint density at radius 2 is 1.74 bits per heavy atom. The number of piperidine rings is 1. The molecule has 0 atom stereocenters. The third-order valence-corrected chi connectivity index (χ3v) is 6.97. The Balaban J connectivity index is 1.47. The molecular weight excluding hydrogens is 388 g/mol. The van der Waals surface area contributed by atoms with Crippen LogP contribution in [0.25, 0.3) is 0 Å². The molecule has 2 aliphatic rings. The van der Waals surface area contributed by atoms with Gasteiger partial charge in [-0.25, -0.2) is 9.97 Å². The van der Waals surface area contributed by atoms with Crippen LogP contribution in [0.2, 0.25) is 0 Å². The maximum Gasteiger partial charge on any atom is 0.228 e. The Hall–Kier alpha value is -2.28. The Labute approximate surface area is 185 Å². The summed E-state index contributed by atoms with van der Waals surface area (Å²) >= 11 is 0. The van der Waals surface area contributed by atoms with E-state index in [2.05, 4.69) is 49.3 Å². The van der Waals surface area contributed by atoms with E-state index in [4.69, 9.17) is 9.97 Å². The minimum absolute atomic E-state index is 0.201. The molecule has 0 spiro atoms. The number of rotatable bonds is 6. The largest absolute Gasteiger partial charge is 0.299 e. The summed E-state index contributed by atoms with van der Waals surface area (Å²) < 4.78 is 2.10. The zero-order valence-corrected chi connectivity index (χ0v) is 19.7. The molecule has 0 aromatic carbocycles. The monoisotopic (exact) mass is 424 g/mol. The summed E-state index contributed by atoms with van der Waals surface area (Å²) in [4.78, 5) is 26.8. The molecule has 0 unspecified atom stereocenters. The zero-order chi connectivity index (χ0) is 22.1. The smallest absolute Gasteiger partial charge is 0.228 e. The molecule has 1 fully saturated rings. The topological polar surface area (TPSA) is 67.2 Å². The predicted octanol–water partition coefficient (Wildman–Crippen LogP) is 3.69. The molecule has 0 bridgehead atoms. The summed E-state index contributed by atoms with van der Waals surface area (Å²) in [5, 5.41) is 4.67. The van der Waals surface area contributed by atoms with Crippen LogP contribution in [0.1, 0.15) is 79.5 Å². The number of carbonyl (C=O) groups is 1. The van der Waals surface area contributed by atoms with Gasteiger partial charge in [0.1, 0.15) is 11.6 Å². The molecule has 2 aromatic rings. The Morgan fingerprint density at radius 1 is 1.00 bits per heavy atom.